The van der Waals surface area contributed by atoms with E-state index in [0.717, 1.165) is 36.8 Å². The van der Waals surface area contributed by atoms with Crippen LogP contribution in [0.5, 0.6) is 0 Å². The number of amides is 1. The molecule has 1 atom stereocenters. The third-order valence-electron chi connectivity index (χ3n) is 3.30. The van der Waals surface area contributed by atoms with Crippen LogP contribution in [0.15, 0.2) is 17.4 Å². The Morgan fingerprint density at radius 1 is 1.45 bits per heavy atom. The molecule has 1 aliphatic heterocycles. The zero-order valence-electron chi connectivity index (χ0n) is 13.6. The van der Waals surface area contributed by atoms with E-state index in [1.165, 1.54) is 0 Å². The summed E-state index contributed by atoms with van der Waals surface area (Å²) in [5, 5.41) is 3.90. The highest BCUT2D eigenvalue weighted by atomic mass is 32.2. The second-order valence-corrected chi connectivity index (χ2v) is 7.17. The Kier molecular flexibility index (Phi) is 5.63. The first-order chi connectivity index (χ1) is 10.4. The van der Waals surface area contributed by atoms with Gasteiger partial charge in [-0.15, -0.1) is 11.8 Å². The molecule has 7 heteroatoms. The Morgan fingerprint density at radius 3 is 2.86 bits per heavy atom. The Labute approximate surface area is 136 Å². The predicted octanol–water partition coefficient (Wildman–Crippen LogP) is 2.30. The van der Waals surface area contributed by atoms with Crippen molar-refractivity contribution in [1.29, 1.82) is 0 Å². The molecule has 0 spiro atoms. The summed E-state index contributed by atoms with van der Waals surface area (Å²) in [5.41, 5.74) is 0.530. The molecule has 1 aromatic heterocycles. The molecule has 0 aliphatic carbocycles. The number of hydrogen-bond donors (Lipinski definition) is 1. The van der Waals surface area contributed by atoms with Crippen LogP contribution >= 0.6 is 11.8 Å². The van der Waals surface area contributed by atoms with E-state index in [0.29, 0.717) is 0 Å². The predicted molar refractivity (Wildman–Crippen MR) is 86.9 cm³/mol. The van der Waals surface area contributed by atoms with Crippen LogP contribution in [-0.4, -0.2) is 51.9 Å². The zero-order chi connectivity index (χ0) is 16.2. The van der Waals surface area contributed by atoms with Crippen molar-refractivity contribution < 1.29 is 9.53 Å². The normalized spacial score (nSPS) is 19.2. The van der Waals surface area contributed by atoms with E-state index in [-0.39, 0.29) is 12.1 Å². The monoisotopic (exact) mass is 324 g/mol. The maximum absolute atomic E-state index is 11.8. The van der Waals surface area contributed by atoms with Crippen molar-refractivity contribution in [2.75, 3.05) is 19.3 Å². The van der Waals surface area contributed by atoms with Gasteiger partial charge in [0.25, 0.3) is 0 Å². The standard InChI is InChI=1S/C15H24N4O2S/c1-15(2,3)21-14(20)18-11-5-8-19(9-11)10-12-13(22-4)17-7-6-16-12/h6-7,11H,5,8-10H2,1-4H3,(H,18,20)/t11-/m1/s1. The number of hydrogen-bond acceptors (Lipinski definition) is 6. The molecular weight excluding hydrogens is 300 g/mol. The van der Waals surface area contributed by atoms with Crippen LogP contribution in [-0.2, 0) is 11.3 Å². The Hall–Kier alpha value is -1.34. The Balaban J connectivity index is 1.84. The van der Waals surface area contributed by atoms with E-state index < -0.39 is 5.60 Å². The molecule has 2 rings (SSSR count). The number of alkyl carbamates (subject to hydrolysis) is 1. The van der Waals surface area contributed by atoms with E-state index >= 15 is 0 Å². The minimum atomic E-state index is -0.463. The molecule has 0 bridgehead atoms. The lowest BCUT2D eigenvalue weighted by Gasteiger charge is -2.22. The Morgan fingerprint density at radius 2 is 2.18 bits per heavy atom. The summed E-state index contributed by atoms with van der Waals surface area (Å²) in [6.45, 7) is 8.10. The fraction of sp³-hybridized carbons (Fsp3) is 0.667. The van der Waals surface area contributed by atoms with Crippen LogP contribution in [0.3, 0.4) is 0 Å². The molecular formula is C15H24N4O2S. The van der Waals surface area contributed by atoms with Gasteiger partial charge in [-0.3, -0.25) is 9.88 Å². The summed E-state index contributed by atoms with van der Waals surface area (Å²) in [7, 11) is 0. The van der Waals surface area contributed by atoms with Crippen LogP contribution < -0.4 is 5.32 Å². The molecule has 1 aromatic rings. The number of rotatable bonds is 4. The van der Waals surface area contributed by atoms with Gasteiger partial charge in [-0.05, 0) is 33.4 Å². The molecule has 1 aliphatic rings. The van der Waals surface area contributed by atoms with Gasteiger partial charge in [-0.1, -0.05) is 0 Å². The van der Waals surface area contributed by atoms with Crippen LogP contribution in [0.2, 0.25) is 0 Å². The molecule has 0 radical (unpaired) electrons. The second kappa shape index (κ2) is 7.28. The summed E-state index contributed by atoms with van der Waals surface area (Å²) in [4.78, 5) is 22.8. The van der Waals surface area contributed by atoms with E-state index in [1.54, 1.807) is 24.2 Å². The number of thioether (sulfide) groups is 1. The molecule has 1 saturated heterocycles. The van der Waals surface area contributed by atoms with Gasteiger partial charge in [0.15, 0.2) is 0 Å². The smallest absolute Gasteiger partial charge is 0.407 e. The number of nitrogens with one attached hydrogen (secondary N) is 1. The lowest BCUT2D eigenvalue weighted by Crippen LogP contribution is -2.40. The summed E-state index contributed by atoms with van der Waals surface area (Å²) in [6, 6.07) is 0.129. The number of nitrogens with zero attached hydrogens (tertiary/aromatic N) is 3. The van der Waals surface area contributed by atoms with Crippen molar-refractivity contribution in [2.24, 2.45) is 0 Å². The zero-order valence-corrected chi connectivity index (χ0v) is 14.4. The van der Waals surface area contributed by atoms with Crippen molar-refractivity contribution in [2.45, 2.75) is 50.4 Å². The molecule has 1 amide bonds. The third kappa shape index (κ3) is 5.14. The van der Waals surface area contributed by atoms with Crippen molar-refractivity contribution in [3.05, 3.63) is 18.1 Å². The van der Waals surface area contributed by atoms with Crippen molar-refractivity contribution in [1.82, 2.24) is 20.2 Å². The highest BCUT2D eigenvalue weighted by molar-refractivity contribution is 7.98. The number of carbonyl (C=O) groups excluding carboxylic acids is 1. The van der Waals surface area contributed by atoms with Crippen molar-refractivity contribution >= 4 is 17.9 Å². The van der Waals surface area contributed by atoms with Gasteiger partial charge in [0.05, 0.1) is 5.69 Å². The number of aromatic nitrogens is 2. The first kappa shape index (κ1) is 17.0. The van der Waals surface area contributed by atoms with Crippen LogP contribution in [0.1, 0.15) is 32.9 Å². The fourth-order valence-electron chi connectivity index (χ4n) is 2.41. The number of likely N-dealkylation sites (tertiary alicyclic amines) is 1. The molecule has 0 aromatic carbocycles. The average Bonchev–Trinajstić information content (AvgIpc) is 2.84. The van der Waals surface area contributed by atoms with Gasteiger partial charge >= 0.3 is 6.09 Å². The van der Waals surface area contributed by atoms with Gasteiger partial charge in [-0.25, -0.2) is 9.78 Å². The highest BCUT2D eigenvalue weighted by Crippen LogP contribution is 2.19. The fourth-order valence-corrected chi connectivity index (χ4v) is 2.93. The van der Waals surface area contributed by atoms with Crippen LogP contribution in [0, 0.1) is 0 Å². The summed E-state index contributed by atoms with van der Waals surface area (Å²) >= 11 is 1.61. The topological polar surface area (TPSA) is 67.4 Å². The van der Waals surface area contributed by atoms with Crippen LogP contribution in [0.25, 0.3) is 0 Å². The Bertz CT molecular complexity index is 519. The lowest BCUT2D eigenvalue weighted by molar-refractivity contribution is 0.0505. The van der Waals surface area contributed by atoms with Gasteiger partial charge in [-0.2, -0.15) is 0 Å². The maximum atomic E-state index is 11.8. The largest absolute Gasteiger partial charge is 0.444 e. The van der Waals surface area contributed by atoms with Gasteiger partial charge in [0.1, 0.15) is 10.6 Å². The quantitative estimate of drug-likeness (QED) is 0.857. The SMILES string of the molecule is CSc1nccnc1CN1CC[C@@H](NC(=O)OC(C)(C)C)C1. The average molecular weight is 324 g/mol. The second-order valence-electron chi connectivity index (χ2n) is 6.38. The first-order valence-electron chi connectivity index (χ1n) is 7.43. The molecule has 0 unspecified atom stereocenters. The molecule has 22 heavy (non-hydrogen) atoms. The van der Waals surface area contributed by atoms with E-state index in [4.69, 9.17) is 4.74 Å². The number of carbonyl (C=O) groups is 1. The molecule has 1 fully saturated rings. The summed E-state index contributed by atoms with van der Waals surface area (Å²) < 4.78 is 5.30. The van der Waals surface area contributed by atoms with Gasteiger partial charge < -0.3 is 10.1 Å². The molecule has 0 saturated carbocycles. The van der Waals surface area contributed by atoms with Crippen molar-refractivity contribution in [3.63, 3.8) is 0 Å². The number of ether oxygens (including phenoxy) is 1. The van der Waals surface area contributed by atoms with Crippen LogP contribution in [0.4, 0.5) is 4.79 Å². The minimum absolute atomic E-state index is 0.129. The molecule has 6 nitrogen and oxygen atoms in total. The first-order valence-corrected chi connectivity index (χ1v) is 8.65. The molecule has 122 valence electrons. The lowest BCUT2D eigenvalue weighted by atomic mass is 10.2. The highest BCUT2D eigenvalue weighted by Gasteiger charge is 2.26. The summed E-state index contributed by atoms with van der Waals surface area (Å²) in [6.07, 6.45) is 6.02. The molecule has 1 N–H and O–H groups in total. The summed E-state index contributed by atoms with van der Waals surface area (Å²) in [5.74, 6) is 0. The third-order valence-corrected chi connectivity index (χ3v) is 4.02. The van der Waals surface area contributed by atoms with Crippen molar-refractivity contribution in [3.8, 4) is 0 Å². The van der Waals surface area contributed by atoms with E-state index in [1.807, 2.05) is 27.0 Å². The maximum Gasteiger partial charge on any atom is 0.407 e. The van der Waals surface area contributed by atoms with Gasteiger partial charge in [0.2, 0.25) is 0 Å². The van der Waals surface area contributed by atoms with Gasteiger partial charge in [0, 0.05) is 38.1 Å². The van der Waals surface area contributed by atoms with E-state index in [2.05, 4.69) is 20.2 Å². The minimum Gasteiger partial charge on any atom is -0.444 e. The molecule has 2 heterocycles. The van der Waals surface area contributed by atoms with E-state index in [9.17, 15) is 4.79 Å².